The number of nitrogens with zero attached hydrogens (tertiary/aromatic N) is 3. The van der Waals surface area contributed by atoms with Crippen LogP contribution in [0.1, 0.15) is 0 Å². The number of hydrogen-bond donors (Lipinski definition) is 4. The maximum atomic E-state index is 9.33. The van der Waals surface area contributed by atoms with Gasteiger partial charge >= 0.3 is 0 Å². The van der Waals surface area contributed by atoms with Crippen molar-refractivity contribution in [3.63, 3.8) is 0 Å². The average molecular weight is 352 g/mol. The molecule has 3 aromatic rings. The monoisotopic (exact) mass is 352 g/mol. The highest BCUT2D eigenvalue weighted by molar-refractivity contribution is 7.80. The van der Waals surface area contributed by atoms with Gasteiger partial charge in [0.2, 0.25) is 0 Å². The molecule has 0 radical (unpaired) electrons. The fourth-order valence-corrected chi connectivity index (χ4v) is 2.23. The number of anilines is 3. The van der Waals surface area contributed by atoms with Gasteiger partial charge < -0.3 is 21.1 Å². The van der Waals surface area contributed by atoms with E-state index in [-0.39, 0.29) is 5.75 Å². The zero-order valence-electron chi connectivity index (χ0n) is 13.2. The van der Waals surface area contributed by atoms with Gasteiger partial charge in [0.05, 0.1) is 6.20 Å². The third-order valence-corrected chi connectivity index (χ3v) is 3.44. The first-order valence-corrected chi connectivity index (χ1v) is 7.90. The molecule has 0 fully saturated rings. The Balaban J connectivity index is 1.79. The van der Waals surface area contributed by atoms with E-state index >= 15 is 0 Å². The van der Waals surface area contributed by atoms with E-state index in [0.717, 1.165) is 5.69 Å². The third-order valence-electron chi connectivity index (χ3n) is 3.20. The number of rotatable bonds is 5. The summed E-state index contributed by atoms with van der Waals surface area (Å²) in [5, 5.41) is 18.9. The zero-order chi connectivity index (χ0) is 17.6. The standard InChI is InChI=1S/C17H16N6OS/c1-2-9-18-17(25)23-14-8-7-13-16(21-14)22-15(10-19-13)20-11-3-5-12(24)6-4-11/h2-8,10,24H,1,9H2,(H3,18,20,21,22,23,25). The lowest BCUT2D eigenvalue weighted by Gasteiger charge is -2.09. The van der Waals surface area contributed by atoms with Gasteiger partial charge in [-0.25, -0.2) is 15.0 Å². The Kier molecular flexibility index (Phi) is 5.00. The number of phenolic OH excluding ortho intramolecular Hbond substituents is 1. The lowest BCUT2D eigenvalue weighted by molar-refractivity contribution is 0.475. The molecule has 8 heteroatoms. The number of benzene rings is 1. The number of phenols is 1. The van der Waals surface area contributed by atoms with Gasteiger partial charge in [0.15, 0.2) is 16.6 Å². The van der Waals surface area contributed by atoms with Crippen molar-refractivity contribution >= 4 is 45.8 Å². The van der Waals surface area contributed by atoms with Crippen molar-refractivity contribution in [2.75, 3.05) is 17.2 Å². The second kappa shape index (κ2) is 7.54. The van der Waals surface area contributed by atoms with Crippen LogP contribution in [0.15, 0.2) is 55.3 Å². The Morgan fingerprint density at radius 2 is 1.88 bits per heavy atom. The lowest BCUT2D eigenvalue weighted by atomic mass is 10.3. The quantitative estimate of drug-likeness (QED) is 0.316. The number of fused-ring (bicyclic) bond motifs is 1. The molecule has 25 heavy (non-hydrogen) atoms. The van der Waals surface area contributed by atoms with Crippen LogP contribution in [0.25, 0.3) is 11.2 Å². The minimum atomic E-state index is 0.202. The summed E-state index contributed by atoms with van der Waals surface area (Å²) in [5.74, 6) is 1.33. The van der Waals surface area contributed by atoms with Crippen LogP contribution in [0, 0.1) is 0 Å². The van der Waals surface area contributed by atoms with Gasteiger partial charge in [0.1, 0.15) is 17.1 Å². The number of nitrogens with one attached hydrogen (secondary N) is 3. The van der Waals surface area contributed by atoms with Gasteiger partial charge in [0, 0.05) is 12.2 Å². The SMILES string of the molecule is C=CCNC(=S)Nc1ccc2ncc(Nc3ccc(O)cc3)nc2n1. The molecule has 0 unspecified atom stereocenters. The van der Waals surface area contributed by atoms with Crippen molar-refractivity contribution in [2.24, 2.45) is 0 Å². The summed E-state index contributed by atoms with van der Waals surface area (Å²) in [6.45, 7) is 4.19. The van der Waals surface area contributed by atoms with Crippen LogP contribution in [0.4, 0.5) is 17.3 Å². The summed E-state index contributed by atoms with van der Waals surface area (Å²) in [6.07, 6.45) is 3.34. The van der Waals surface area contributed by atoms with E-state index in [9.17, 15) is 5.11 Å². The zero-order valence-corrected chi connectivity index (χ0v) is 14.0. The van der Waals surface area contributed by atoms with Gasteiger partial charge in [-0.3, -0.25) is 0 Å². The first-order valence-electron chi connectivity index (χ1n) is 7.49. The molecule has 0 saturated heterocycles. The fraction of sp³-hybridized carbons (Fsp3) is 0.0588. The summed E-state index contributed by atoms with van der Waals surface area (Å²) in [5.41, 5.74) is 1.95. The molecule has 0 aliphatic heterocycles. The summed E-state index contributed by atoms with van der Waals surface area (Å²) < 4.78 is 0. The molecule has 0 atom stereocenters. The molecule has 0 bridgehead atoms. The Hall–Kier alpha value is -3.26. The van der Waals surface area contributed by atoms with Crippen LogP contribution < -0.4 is 16.0 Å². The Morgan fingerprint density at radius 1 is 1.12 bits per heavy atom. The van der Waals surface area contributed by atoms with E-state index in [4.69, 9.17) is 12.2 Å². The molecule has 126 valence electrons. The van der Waals surface area contributed by atoms with Crippen molar-refractivity contribution in [2.45, 2.75) is 0 Å². The summed E-state index contributed by atoms with van der Waals surface area (Å²) >= 11 is 5.17. The van der Waals surface area contributed by atoms with Crippen LogP contribution in [-0.4, -0.2) is 31.7 Å². The van der Waals surface area contributed by atoms with Gasteiger partial charge in [-0.2, -0.15) is 0 Å². The Bertz CT molecular complexity index is 913. The molecule has 2 aromatic heterocycles. The van der Waals surface area contributed by atoms with E-state index in [1.165, 1.54) is 0 Å². The van der Waals surface area contributed by atoms with E-state index in [1.807, 2.05) is 6.07 Å². The molecule has 7 nitrogen and oxygen atoms in total. The van der Waals surface area contributed by atoms with Gasteiger partial charge in [-0.15, -0.1) is 6.58 Å². The number of pyridine rings is 1. The van der Waals surface area contributed by atoms with Crippen LogP contribution in [0.3, 0.4) is 0 Å². The van der Waals surface area contributed by atoms with Gasteiger partial charge in [0.25, 0.3) is 0 Å². The van der Waals surface area contributed by atoms with Crippen molar-refractivity contribution in [1.29, 1.82) is 0 Å². The lowest BCUT2D eigenvalue weighted by Crippen LogP contribution is -2.28. The van der Waals surface area contributed by atoms with Crippen molar-refractivity contribution in [1.82, 2.24) is 20.3 Å². The van der Waals surface area contributed by atoms with E-state index in [0.29, 0.717) is 34.5 Å². The van der Waals surface area contributed by atoms with E-state index in [2.05, 4.69) is 37.5 Å². The van der Waals surface area contributed by atoms with E-state index in [1.54, 1.807) is 42.6 Å². The van der Waals surface area contributed by atoms with Gasteiger partial charge in [-0.05, 0) is 48.6 Å². The minimum absolute atomic E-state index is 0.202. The van der Waals surface area contributed by atoms with Crippen molar-refractivity contribution in [3.05, 3.63) is 55.3 Å². The third kappa shape index (κ3) is 4.39. The van der Waals surface area contributed by atoms with Crippen LogP contribution in [-0.2, 0) is 0 Å². The fourth-order valence-electron chi connectivity index (χ4n) is 2.05. The van der Waals surface area contributed by atoms with Gasteiger partial charge in [-0.1, -0.05) is 6.08 Å². The highest BCUT2D eigenvalue weighted by atomic mass is 32.1. The maximum absolute atomic E-state index is 9.33. The van der Waals surface area contributed by atoms with Crippen molar-refractivity contribution in [3.8, 4) is 5.75 Å². The van der Waals surface area contributed by atoms with Crippen LogP contribution in [0.5, 0.6) is 5.75 Å². The summed E-state index contributed by atoms with van der Waals surface area (Å²) in [4.78, 5) is 13.2. The number of hydrogen-bond acceptors (Lipinski definition) is 6. The van der Waals surface area contributed by atoms with E-state index < -0.39 is 0 Å². The molecular formula is C17H16N6OS. The number of aromatic nitrogens is 3. The van der Waals surface area contributed by atoms with Crippen LogP contribution >= 0.6 is 12.2 Å². The minimum Gasteiger partial charge on any atom is -0.508 e. The summed E-state index contributed by atoms with van der Waals surface area (Å²) in [7, 11) is 0. The molecule has 0 amide bonds. The predicted molar refractivity (Wildman–Crippen MR) is 103 cm³/mol. The molecule has 3 rings (SSSR count). The number of aromatic hydroxyl groups is 1. The molecule has 2 heterocycles. The molecule has 0 saturated carbocycles. The summed E-state index contributed by atoms with van der Waals surface area (Å²) in [6, 6.07) is 10.3. The second-order valence-electron chi connectivity index (χ2n) is 5.09. The first kappa shape index (κ1) is 16.6. The smallest absolute Gasteiger partial charge is 0.182 e. The molecule has 0 aliphatic carbocycles. The highest BCUT2D eigenvalue weighted by Gasteiger charge is 2.05. The van der Waals surface area contributed by atoms with Crippen molar-refractivity contribution < 1.29 is 5.11 Å². The average Bonchev–Trinajstić information content (AvgIpc) is 2.61. The highest BCUT2D eigenvalue weighted by Crippen LogP contribution is 2.19. The molecule has 1 aromatic carbocycles. The van der Waals surface area contributed by atoms with Crippen LogP contribution in [0.2, 0.25) is 0 Å². The Labute approximate surface area is 149 Å². The number of thiocarbonyl (C=S) groups is 1. The maximum Gasteiger partial charge on any atom is 0.182 e. The molecule has 0 spiro atoms. The predicted octanol–water partition coefficient (Wildman–Crippen LogP) is 2.95. The largest absolute Gasteiger partial charge is 0.508 e. The molecular weight excluding hydrogens is 336 g/mol. The molecule has 0 aliphatic rings. The Morgan fingerprint density at radius 3 is 2.64 bits per heavy atom. The topological polar surface area (TPSA) is 95.0 Å². The second-order valence-corrected chi connectivity index (χ2v) is 5.50. The normalized spacial score (nSPS) is 10.2. The first-order chi connectivity index (χ1) is 12.1. The molecule has 4 N–H and O–H groups in total.